The molecule has 1 aromatic heterocycles. The van der Waals surface area contributed by atoms with Gasteiger partial charge in [0, 0.05) is 39.6 Å². The minimum absolute atomic E-state index is 0.158. The van der Waals surface area contributed by atoms with E-state index in [1.165, 1.54) is 12.8 Å². The van der Waals surface area contributed by atoms with E-state index in [1.54, 1.807) is 11.1 Å². The third kappa shape index (κ3) is 3.35. The smallest absolute Gasteiger partial charge is 0.251 e. The molecule has 124 valence electrons. The van der Waals surface area contributed by atoms with E-state index >= 15 is 0 Å². The van der Waals surface area contributed by atoms with Crippen molar-refractivity contribution in [3.8, 4) is 0 Å². The first kappa shape index (κ1) is 17.0. The summed E-state index contributed by atoms with van der Waals surface area (Å²) in [6, 6.07) is 1.91. The third-order valence-electron chi connectivity index (χ3n) is 4.97. The fraction of sp³-hybridized carbons (Fsp3) is 0.765. The van der Waals surface area contributed by atoms with E-state index in [-0.39, 0.29) is 5.91 Å². The number of hydrogen-bond donors (Lipinski definition) is 0. The van der Waals surface area contributed by atoms with Gasteiger partial charge in [0.15, 0.2) is 5.54 Å². The van der Waals surface area contributed by atoms with Gasteiger partial charge in [0.2, 0.25) is 0 Å². The van der Waals surface area contributed by atoms with Crippen LogP contribution in [0, 0.1) is 5.92 Å². The molecule has 5 heteroatoms. The van der Waals surface area contributed by atoms with Gasteiger partial charge in [-0.25, -0.2) is 0 Å². The highest BCUT2D eigenvalue weighted by molar-refractivity contribution is 5.84. The van der Waals surface area contributed by atoms with Crippen molar-refractivity contribution < 1.29 is 4.79 Å². The standard InChI is InChI=1S/C17H30N4O/c1-5-15(6-2)13-20-11-7-9-17(14-20,16(22)19(3)4)21-12-8-10-18-21/h8,10,12,15H,5-7,9,11,13-14H2,1-4H3. The maximum Gasteiger partial charge on any atom is 0.251 e. The maximum absolute atomic E-state index is 12.9. The molecular formula is C17H30N4O. The van der Waals surface area contributed by atoms with Crippen LogP contribution in [0.3, 0.4) is 0 Å². The molecule has 1 atom stereocenters. The van der Waals surface area contributed by atoms with Crippen molar-refractivity contribution in [2.75, 3.05) is 33.7 Å². The number of amides is 1. The molecule has 1 saturated heterocycles. The molecule has 1 aromatic rings. The number of likely N-dealkylation sites (tertiary alicyclic amines) is 1. The van der Waals surface area contributed by atoms with E-state index in [0.29, 0.717) is 5.92 Å². The van der Waals surface area contributed by atoms with Gasteiger partial charge >= 0.3 is 0 Å². The zero-order chi connectivity index (χ0) is 16.2. The summed E-state index contributed by atoms with van der Waals surface area (Å²) in [4.78, 5) is 17.1. The molecule has 1 unspecified atom stereocenters. The van der Waals surface area contributed by atoms with Crippen LogP contribution in [0.25, 0.3) is 0 Å². The van der Waals surface area contributed by atoms with Crippen LogP contribution in [-0.2, 0) is 10.3 Å². The first-order chi connectivity index (χ1) is 10.5. The van der Waals surface area contributed by atoms with Gasteiger partial charge in [-0.1, -0.05) is 26.7 Å². The number of hydrogen-bond acceptors (Lipinski definition) is 3. The van der Waals surface area contributed by atoms with Crippen LogP contribution in [0.15, 0.2) is 18.5 Å². The summed E-state index contributed by atoms with van der Waals surface area (Å²) in [6.45, 7) is 7.44. The van der Waals surface area contributed by atoms with Crippen molar-refractivity contribution in [3.05, 3.63) is 18.5 Å². The Bertz CT molecular complexity index is 467. The summed E-state index contributed by atoms with van der Waals surface area (Å²) in [5.74, 6) is 0.869. The van der Waals surface area contributed by atoms with Gasteiger partial charge in [0.25, 0.3) is 5.91 Å². The minimum atomic E-state index is -0.544. The SMILES string of the molecule is CCC(CC)CN1CCCC(C(=O)N(C)C)(n2cccn2)C1. The van der Waals surface area contributed by atoms with Crippen LogP contribution in [0.4, 0.5) is 0 Å². The molecule has 2 rings (SSSR count). The Morgan fingerprint density at radius 3 is 2.64 bits per heavy atom. The van der Waals surface area contributed by atoms with Crippen molar-refractivity contribution in [2.24, 2.45) is 5.92 Å². The monoisotopic (exact) mass is 306 g/mol. The summed E-state index contributed by atoms with van der Waals surface area (Å²) in [7, 11) is 3.68. The van der Waals surface area contributed by atoms with Gasteiger partial charge in [-0.05, 0) is 31.4 Å². The Hall–Kier alpha value is -1.36. The lowest BCUT2D eigenvalue weighted by Gasteiger charge is -2.43. The fourth-order valence-electron chi connectivity index (χ4n) is 3.59. The highest BCUT2D eigenvalue weighted by Crippen LogP contribution is 2.31. The molecule has 2 heterocycles. The molecule has 0 spiro atoms. The van der Waals surface area contributed by atoms with Crippen molar-refractivity contribution in [1.29, 1.82) is 0 Å². The van der Waals surface area contributed by atoms with Crippen molar-refractivity contribution in [1.82, 2.24) is 19.6 Å². The van der Waals surface area contributed by atoms with Gasteiger partial charge < -0.3 is 9.80 Å². The van der Waals surface area contributed by atoms with Crippen molar-refractivity contribution in [3.63, 3.8) is 0 Å². The number of nitrogens with zero attached hydrogens (tertiary/aromatic N) is 4. The van der Waals surface area contributed by atoms with Crippen LogP contribution < -0.4 is 0 Å². The molecule has 1 amide bonds. The van der Waals surface area contributed by atoms with E-state index in [9.17, 15) is 4.79 Å². The first-order valence-corrected chi connectivity index (χ1v) is 8.47. The van der Waals surface area contributed by atoms with Crippen molar-refractivity contribution >= 4 is 5.91 Å². The predicted octanol–water partition coefficient (Wildman–Crippen LogP) is 2.20. The number of carbonyl (C=O) groups excluding carboxylic acids is 1. The molecular weight excluding hydrogens is 276 g/mol. The van der Waals surface area contributed by atoms with E-state index in [4.69, 9.17) is 0 Å². The van der Waals surface area contributed by atoms with Crippen LogP contribution in [0.1, 0.15) is 39.5 Å². The lowest BCUT2D eigenvalue weighted by Crippen LogP contribution is -2.58. The lowest BCUT2D eigenvalue weighted by atomic mass is 9.86. The Morgan fingerprint density at radius 1 is 1.36 bits per heavy atom. The largest absolute Gasteiger partial charge is 0.347 e. The van der Waals surface area contributed by atoms with Gasteiger partial charge in [-0.2, -0.15) is 5.10 Å². The molecule has 5 nitrogen and oxygen atoms in total. The Morgan fingerprint density at radius 2 is 2.09 bits per heavy atom. The second kappa shape index (κ2) is 7.27. The molecule has 0 aromatic carbocycles. The molecule has 1 aliphatic heterocycles. The summed E-state index contributed by atoms with van der Waals surface area (Å²) in [5.41, 5.74) is -0.544. The highest BCUT2D eigenvalue weighted by atomic mass is 16.2. The lowest BCUT2D eigenvalue weighted by molar-refractivity contribution is -0.142. The van der Waals surface area contributed by atoms with E-state index in [0.717, 1.165) is 32.5 Å². The normalized spacial score (nSPS) is 23.0. The van der Waals surface area contributed by atoms with Gasteiger partial charge in [-0.15, -0.1) is 0 Å². The highest BCUT2D eigenvalue weighted by Gasteiger charge is 2.45. The molecule has 0 saturated carbocycles. The fourth-order valence-corrected chi connectivity index (χ4v) is 3.59. The molecule has 0 radical (unpaired) electrons. The van der Waals surface area contributed by atoms with Crippen LogP contribution in [-0.4, -0.2) is 59.2 Å². The van der Waals surface area contributed by atoms with Crippen molar-refractivity contribution in [2.45, 2.75) is 45.1 Å². The predicted molar refractivity (Wildman–Crippen MR) is 88.6 cm³/mol. The molecule has 1 aliphatic rings. The molecule has 1 fully saturated rings. The molecule has 0 N–H and O–H groups in total. The number of rotatable bonds is 6. The summed E-state index contributed by atoms with van der Waals surface area (Å²) in [5, 5.41) is 4.41. The summed E-state index contributed by atoms with van der Waals surface area (Å²) >= 11 is 0. The van der Waals surface area contributed by atoms with E-state index in [2.05, 4.69) is 23.8 Å². The zero-order valence-electron chi connectivity index (χ0n) is 14.5. The quantitative estimate of drug-likeness (QED) is 0.809. The van der Waals surface area contributed by atoms with Gasteiger partial charge in [-0.3, -0.25) is 9.48 Å². The summed E-state index contributed by atoms with van der Waals surface area (Å²) < 4.78 is 1.88. The number of carbonyl (C=O) groups is 1. The van der Waals surface area contributed by atoms with Crippen LogP contribution >= 0.6 is 0 Å². The average molecular weight is 306 g/mol. The molecule has 22 heavy (non-hydrogen) atoms. The molecule has 0 aliphatic carbocycles. The topological polar surface area (TPSA) is 41.4 Å². The van der Waals surface area contributed by atoms with Gasteiger partial charge in [0.1, 0.15) is 0 Å². The maximum atomic E-state index is 12.9. The minimum Gasteiger partial charge on any atom is -0.347 e. The zero-order valence-corrected chi connectivity index (χ0v) is 14.5. The van der Waals surface area contributed by atoms with E-state index in [1.807, 2.05) is 31.0 Å². The van der Waals surface area contributed by atoms with Gasteiger partial charge in [0.05, 0.1) is 0 Å². The Kier molecular flexibility index (Phi) is 5.62. The number of aromatic nitrogens is 2. The average Bonchev–Trinajstić information content (AvgIpc) is 3.06. The van der Waals surface area contributed by atoms with E-state index < -0.39 is 5.54 Å². The summed E-state index contributed by atoms with van der Waals surface area (Å²) in [6.07, 6.45) is 8.00. The van der Waals surface area contributed by atoms with Crippen LogP contribution in [0.2, 0.25) is 0 Å². The van der Waals surface area contributed by atoms with Crippen LogP contribution in [0.5, 0.6) is 0 Å². The Labute approximate surface area is 134 Å². The Balaban J connectivity index is 2.24. The second-order valence-electron chi connectivity index (χ2n) is 6.70. The molecule has 0 bridgehead atoms. The number of likely N-dealkylation sites (N-methyl/N-ethyl adjacent to an activating group) is 1. The number of piperidine rings is 1. The second-order valence-corrected chi connectivity index (χ2v) is 6.70. The first-order valence-electron chi connectivity index (χ1n) is 8.47. The third-order valence-corrected chi connectivity index (χ3v) is 4.97.